The second kappa shape index (κ2) is 19.6. The van der Waals surface area contributed by atoms with Crippen molar-refractivity contribution in [1.82, 2.24) is 21.3 Å². The first-order valence-electron chi connectivity index (χ1n) is 10.2. The van der Waals surface area contributed by atoms with E-state index in [0.717, 1.165) is 25.9 Å². The fourth-order valence-corrected chi connectivity index (χ4v) is 3.74. The Morgan fingerprint density at radius 2 is 0.743 bits per heavy atom. The molecule has 0 aromatic carbocycles. The van der Waals surface area contributed by atoms with Crippen molar-refractivity contribution in [3.63, 3.8) is 0 Å². The Bertz CT molecular complexity index is 459. The Hall–Kier alpha value is 0.539. The summed E-state index contributed by atoms with van der Waals surface area (Å²) in [7, 11) is -9.89. The molecule has 1 rings (SSSR count). The molecule has 35 heavy (non-hydrogen) atoms. The molecule has 0 amide bonds. The molecular formula is C18H44Cl2CuN4O10. The summed E-state index contributed by atoms with van der Waals surface area (Å²) in [6.07, 6.45) is 2.26. The number of hydrogen-bond donors (Lipinski definition) is 4. The van der Waals surface area contributed by atoms with Crippen LogP contribution >= 0.6 is 0 Å². The summed E-state index contributed by atoms with van der Waals surface area (Å²) in [5, 5.41) is 14.9. The third-order valence-electron chi connectivity index (χ3n) is 4.54. The maximum absolute atomic E-state index is 8.49. The minimum atomic E-state index is -4.94. The summed E-state index contributed by atoms with van der Waals surface area (Å²) in [5.41, 5.74) is 0.310. The van der Waals surface area contributed by atoms with Gasteiger partial charge in [-0.25, -0.2) is 37.3 Å². The molecule has 0 aromatic rings. The predicted octanol–water partition coefficient (Wildman–Crippen LogP) is -8.91. The largest absolute Gasteiger partial charge is 2.00 e. The van der Waals surface area contributed by atoms with Gasteiger partial charge in [0.15, 0.2) is 0 Å². The van der Waals surface area contributed by atoms with E-state index >= 15 is 0 Å². The van der Waals surface area contributed by atoms with E-state index in [4.69, 9.17) is 37.3 Å². The van der Waals surface area contributed by atoms with Crippen LogP contribution in [0.2, 0.25) is 0 Å². The first-order chi connectivity index (χ1) is 14.0. The number of nitrogens with one attached hydrogen (secondary N) is 4. The molecule has 1 saturated heterocycles. The van der Waals surface area contributed by atoms with Gasteiger partial charge in [-0.1, -0.05) is 0 Å². The van der Waals surface area contributed by atoms with Crippen molar-refractivity contribution >= 4 is 0 Å². The molecule has 1 heterocycles. The van der Waals surface area contributed by atoms with Gasteiger partial charge >= 0.3 is 17.1 Å². The summed E-state index contributed by atoms with van der Waals surface area (Å²) >= 11 is 0. The molecule has 0 aliphatic carbocycles. The SMILES string of the molecule is C[C@@H]1CNC(C)(C)C[C@H](C)N[C@@H](C)CNC(C)(C)C[C@@H](C)N1.O.O.[Cu+2].[O-][Cl+3]([O-])([O-])[O-].[O-][Cl+3]([O-])([O-])[O-]. The topological polar surface area (TPSA) is 296 Å². The van der Waals surface area contributed by atoms with Crippen molar-refractivity contribution in [3.05, 3.63) is 0 Å². The van der Waals surface area contributed by atoms with Crippen molar-refractivity contribution in [2.24, 2.45) is 0 Å². The molecule has 0 unspecified atom stereocenters. The van der Waals surface area contributed by atoms with Crippen LogP contribution in [-0.2, 0) is 17.1 Å². The van der Waals surface area contributed by atoms with Crippen LogP contribution in [0, 0.1) is 20.5 Å². The second-order valence-corrected chi connectivity index (χ2v) is 11.1. The van der Waals surface area contributed by atoms with Gasteiger partial charge in [0.05, 0.1) is 0 Å². The number of halogens is 2. The van der Waals surface area contributed by atoms with Gasteiger partial charge in [0.2, 0.25) is 0 Å². The molecule has 0 bridgehead atoms. The number of rotatable bonds is 0. The van der Waals surface area contributed by atoms with Crippen molar-refractivity contribution in [1.29, 1.82) is 0 Å². The zero-order chi connectivity index (χ0) is 26.0. The Morgan fingerprint density at radius 1 is 0.543 bits per heavy atom. The van der Waals surface area contributed by atoms with Gasteiger partial charge in [0, 0.05) is 48.3 Å². The summed E-state index contributed by atoms with van der Waals surface area (Å²) in [5.74, 6) is 0. The first-order valence-corrected chi connectivity index (χ1v) is 12.7. The van der Waals surface area contributed by atoms with E-state index in [1.807, 2.05) is 0 Å². The minimum Gasteiger partial charge on any atom is -0.412 e. The normalized spacial score (nSPS) is 27.4. The monoisotopic (exact) mass is 609 g/mol. The fraction of sp³-hybridized carbons (Fsp3) is 1.00. The molecular weight excluding hydrogens is 567 g/mol. The van der Waals surface area contributed by atoms with E-state index in [1.54, 1.807) is 0 Å². The summed E-state index contributed by atoms with van der Waals surface area (Å²) in [6, 6.07) is 1.98. The molecule has 1 radical (unpaired) electrons. The number of hydrogen-bond acceptors (Lipinski definition) is 12. The van der Waals surface area contributed by atoms with Crippen LogP contribution in [0.15, 0.2) is 0 Å². The molecule has 1 aliphatic rings. The molecule has 1 fully saturated rings. The summed E-state index contributed by atoms with van der Waals surface area (Å²) < 4.78 is 67.9. The molecule has 0 spiro atoms. The Kier molecular flexibility index (Phi) is 25.4. The van der Waals surface area contributed by atoms with E-state index in [2.05, 4.69) is 76.7 Å². The average Bonchev–Trinajstić information content (AvgIpc) is 2.46. The van der Waals surface area contributed by atoms with Crippen LogP contribution in [0.3, 0.4) is 0 Å². The van der Waals surface area contributed by atoms with Crippen LogP contribution in [0.25, 0.3) is 0 Å². The van der Waals surface area contributed by atoms with Gasteiger partial charge in [0.1, 0.15) is 0 Å². The Labute approximate surface area is 223 Å². The van der Waals surface area contributed by atoms with E-state index in [0.29, 0.717) is 24.2 Å². The molecule has 1 aliphatic heterocycles. The van der Waals surface area contributed by atoms with Crippen LogP contribution < -0.4 is 58.5 Å². The standard InChI is InChI=1S/C18H40N4.2ClHO4.Cu.2H2O/c1-13-9-17(5,6)19-12-16(4)22-14(2)10-18(7,8)20-11-15(3)21-13;2*2-1(3,4)5;;;/h13-16,19-22H,9-12H2,1-8H3;2*(H,2,3,4,5);;2*1H2/q;;;+2;;/p-2/t13-,14+,15-,16+;;;;;. The third-order valence-corrected chi connectivity index (χ3v) is 4.54. The third kappa shape index (κ3) is 39.2. The minimum absolute atomic E-state index is 0. The van der Waals surface area contributed by atoms with Crippen LogP contribution in [-0.4, -0.2) is 59.3 Å². The zero-order valence-corrected chi connectivity index (χ0v) is 23.9. The Balaban J connectivity index is -0.000000196. The van der Waals surface area contributed by atoms with Crippen LogP contribution in [0.1, 0.15) is 68.2 Å². The van der Waals surface area contributed by atoms with Gasteiger partial charge in [-0.05, 0) is 68.2 Å². The van der Waals surface area contributed by atoms with Crippen molar-refractivity contribution in [2.75, 3.05) is 13.1 Å². The van der Waals surface area contributed by atoms with Crippen LogP contribution in [0.4, 0.5) is 0 Å². The van der Waals surface area contributed by atoms with Gasteiger partial charge in [-0.15, -0.1) is 20.5 Å². The first kappa shape index (κ1) is 45.5. The van der Waals surface area contributed by atoms with Gasteiger partial charge in [0.25, 0.3) is 0 Å². The molecule has 221 valence electrons. The van der Waals surface area contributed by atoms with E-state index in [1.165, 1.54) is 0 Å². The maximum Gasteiger partial charge on any atom is 2.00 e. The smallest absolute Gasteiger partial charge is 0.412 e. The van der Waals surface area contributed by atoms with E-state index in [-0.39, 0.29) is 39.1 Å². The molecule has 17 heteroatoms. The van der Waals surface area contributed by atoms with Crippen molar-refractivity contribution in [3.8, 4) is 0 Å². The van der Waals surface area contributed by atoms with Gasteiger partial charge in [-0.2, -0.15) is 0 Å². The van der Waals surface area contributed by atoms with Crippen molar-refractivity contribution < 1.29 is 85.8 Å². The zero-order valence-electron chi connectivity index (χ0n) is 21.5. The summed E-state index contributed by atoms with van der Waals surface area (Å²) in [4.78, 5) is 0. The van der Waals surface area contributed by atoms with Crippen LogP contribution in [0.5, 0.6) is 0 Å². The Morgan fingerprint density at radius 3 is 0.943 bits per heavy atom. The maximum atomic E-state index is 8.49. The van der Waals surface area contributed by atoms with E-state index in [9.17, 15) is 0 Å². The molecule has 4 atom stereocenters. The van der Waals surface area contributed by atoms with E-state index < -0.39 is 20.5 Å². The van der Waals surface area contributed by atoms with Gasteiger partial charge < -0.3 is 32.2 Å². The fourth-order valence-electron chi connectivity index (χ4n) is 3.74. The predicted molar refractivity (Wildman–Crippen MR) is 105 cm³/mol. The molecule has 14 nitrogen and oxygen atoms in total. The molecule has 0 aromatic heterocycles. The second-order valence-electron chi connectivity index (χ2n) is 9.63. The quantitative estimate of drug-likeness (QED) is 0.186. The molecule has 8 N–H and O–H groups in total. The van der Waals surface area contributed by atoms with Crippen molar-refractivity contribution in [2.45, 2.75) is 103 Å². The summed E-state index contributed by atoms with van der Waals surface area (Å²) in [6.45, 7) is 20.4. The molecule has 0 saturated carbocycles. The van der Waals surface area contributed by atoms with Gasteiger partial charge in [-0.3, -0.25) is 0 Å². The average molecular weight is 611 g/mol.